The largest absolute Gasteiger partial charge is 0.478 e. The summed E-state index contributed by atoms with van der Waals surface area (Å²) in [6.07, 6.45) is 4.81. The fourth-order valence-electron chi connectivity index (χ4n) is 2.71. The lowest BCUT2D eigenvalue weighted by Crippen LogP contribution is -2.21. The molecule has 6 heteroatoms. The van der Waals surface area contributed by atoms with Crippen LogP contribution in [0.25, 0.3) is 0 Å². The van der Waals surface area contributed by atoms with Crippen molar-refractivity contribution in [3.05, 3.63) is 89.3 Å². The summed E-state index contributed by atoms with van der Waals surface area (Å²) >= 11 is 0. The predicted octanol–water partition coefficient (Wildman–Crippen LogP) is 5.76. The first kappa shape index (κ1) is 22.4. The molecule has 0 radical (unpaired) electrons. The Morgan fingerprint density at radius 2 is 2.00 bits per heavy atom. The number of aromatic carboxylic acids is 1. The number of allylic oxidation sites excluding steroid dienone is 3. The highest BCUT2D eigenvalue weighted by Gasteiger charge is 2.18. The summed E-state index contributed by atoms with van der Waals surface area (Å²) in [5, 5.41) is 10.3. The van der Waals surface area contributed by atoms with Crippen molar-refractivity contribution < 1.29 is 19.0 Å². The van der Waals surface area contributed by atoms with Gasteiger partial charge in [-0.25, -0.2) is 9.18 Å². The first-order valence-electron chi connectivity index (χ1n) is 9.02. The maximum atomic E-state index is 12.2. The molecule has 0 aromatic heterocycles. The van der Waals surface area contributed by atoms with Gasteiger partial charge < -0.3 is 14.7 Å². The first-order chi connectivity index (χ1) is 13.8. The minimum atomic E-state index is -1.00. The van der Waals surface area contributed by atoms with E-state index in [1.54, 1.807) is 24.3 Å². The van der Waals surface area contributed by atoms with E-state index in [1.807, 2.05) is 49.2 Å². The molecule has 2 aromatic rings. The monoisotopic (exact) mass is 413 g/mol. The quantitative estimate of drug-likeness (QED) is 0.419. The van der Waals surface area contributed by atoms with E-state index in [1.165, 1.54) is 6.08 Å². The Bertz CT molecular complexity index is 939. The number of carboxylic acid groups (broad SMARTS) is 1. The maximum Gasteiger partial charge on any atom is 0.335 e. The molecule has 1 atom stereocenters. The number of likely N-dealkylation sites (N-methyl/N-ethyl adjacent to an activating group) is 1. The Kier molecular flexibility index (Phi) is 8.17. The van der Waals surface area contributed by atoms with Gasteiger partial charge in [0.25, 0.3) is 0 Å². The van der Waals surface area contributed by atoms with Gasteiger partial charge in [-0.2, -0.15) is 0 Å². The molecular weight excluding hydrogens is 388 g/mol. The molecule has 0 saturated carbocycles. The standard InChI is InChI=1S/C23H25FNO3P/c1-16-13-18(23(26)27)14-20(22(16)28-19-9-5-4-6-10-19)25(3)15-17(2)21(29)11-7-8-12-24/h4-11,13-14H,2,12,15,29H2,1,3H3,(H,26,27)/b8-7-,21-11+. The van der Waals surface area contributed by atoms with Crippen LogP contribution in [0.5, 0.6) is 11.5 Å². The second kappa shape index (κ2) is 10.6. The van der Waals surface area contributed by atoms with Crippen molar-refractivity contribution in [3.8, 4) is 11.5 Å². The van der Waals surface area contributed by atoms with Crippen molar-refractivity contribution in [1.82, 2.24) is 0 Å². The van der Waals surface area contributed by atoms with Crippen molar-refractivity contribution in [3.63, 3.8) is 0 Å². The highest BCUT2D eigenvalue weighted by atomic mass is 31.0. The molecule has 0 heterocycles. The van der Waals surface area contributed by atoms with Crippen molar-refractivity contribution in [2.75, 3.05) is 25.2 Å². The van der Waals surface area contributed by atoms with Crippen LogP contribution in [0.1, 0.15) is 15.9 Å². The number of halogens is 1. The van der Waals surface area contributed by atoms with Gasteiger partial charge in [0.2, 0.25) is 0 Å². The van der Waals surface area contributed by atoms with Crippen LogP contribution in [0, 0.1) is 6.92 Å². The van der Waals surface area contributed by atoms with Crippen molar-refractivity contribution in [2.24, 2.45) is 0 Å². The fraction of sp³-hybridized carbons (Fsp3) is 0.174. The van der Waals surface area contributed by atoms with Gasteiger partial charge in [0.1, 0.15) is 12.4 Å². The highest BCUT2D eigenvalue weighted by Crippen LogP contribution is 2.37. The molecule has 1 N–H and O–H groups in total. The lowest BCUT2D eigenvalue weighted by Gasteiger charge is -2.25. The van der Waals surface area contributed by atoms with Gasteiger partial charge in [-0.05, 0) is 47.6 Å². The zero-order chi connectivity index (χ0) is 21.4. The van der Waals surface area contributed by atoms with Gasteiger partial charge in [-0.15, -0.1) is 9.24 Å². The number of para-hydroxylation sites is 1. The smallest absolute Gasteiger partial charge is 0.335 e. The van der Waals surface area contributed by atoms with Crippen LogP contribution in [-0.2, 0) is 0 Å². The minimum absolute atomic E-state index is 0.183. The summed E-state index contributed by atoms with van der Waals surface area (Å²) in [5.41, 5.74) is 2.34. The van der Waals surface area contributed by atoms with Crippen LogP contribution in [-0.4, -0.2) is 31.3 Å². The van der Waals surface area contributed by atoms with E-state index in [9.17, 15) is 14.3 Å². The second-order valence-electron chi connectivity index (χ2n) is 6.53. The molecule has 152 valence electrons. The van der Waals surface area contributed by atoms with E-state index in [-0.39, 0.29) is 5.56 Å². The molecule has 2 rings (SSSR count). The summed E-state index contributed by atoms with van der Waals surface area (Å²) in [5.74, 6) is 0.245. The number of anilines is 1. The van der Waals surface area contributed by atoms with Gasteiger partial charge in [0.05, 0.1) is 11.3 Å². The van der Waals surface area contributed by atoms with Crippen molar-refractivity contribution >= 4 is 20.9 Å². The molecule has 0 aliphatic rings. The number of alkyl halides is 1. The van der Waals surface area contributed by atoms with Gasteiger partial charge in [0.15, 0.2) is 5.75 Å². The molecule has 0 bridgehead atoms. The zero-order valence-corrected chi connectivity index (χ0v) is 17.7. The number of aryl methyl sites for hydroxylation is 1. The van der Waals surface area contributed by atoms with E-state index < -0.39 is 12.6 Å². The molecule has 4 nitrogen and oxygen atoms in total. The third kappa shape index (κ3) is 6.30. The van der Waals surface area contributed by atoms with Gasteiger partial charge in [-0.1, -0.05) is 43.0 Å². The van der Waals surface area contributed by atoms with E-state index in [2.05, 4.69) is 15.8 Å². The number of nitrogens with zero attached hydrogens (tertiary/aromatic N) is 1. The summed E-state index contributed by atoms with van der Waals surface area (Å²) in [6.45, 7) is 5.81. The van der Waals surface area contributed by atoms with Crippen LogP contribution < -0.4 is 9.64 Å². The topological polar surface area (TPSA) is 49.8 Å². The average Bonchev–Trinajstić information content (AvgIpc) is 2.69. The Hall–Kier alpha value is -2.91. The number of carbonyl (C=O) groups is 1. The van der Waals surface area contributed by atoms with E-state index in [0.29, 0.717) is 29.3 Å². The summed E-state index contributed by atoms with van der Waals surface area (Å²) in [7, 11) is 4.43. The summed E-state index contributed by atoms with van der Waals surface area (Å²) in [6, 6.07) is 12.5. The first-order valence-corrected chi connectivity index (χ1v) is 9.59. The Morgan fingerprint density at radius 1 is 1.31 bits per heavy atom. The summed E-state index contributed by atoms with van der Waals surface area (Å²) in [4.78, 5) is 13.4. The van der Waals surface area contributed by atoms with Crippen LogP contribution >= 0.6 is 9.24 Å². The van der Waals surface area contributed by atoms with Crippen LogP contribution in [0.3, 0.4) is 0 Å². The van der Waals surface area contributed by atoms with Crippen molar-refractivity contribution in [1.29, 1.82) is 0 Å². The van der Waals surface area contributed by atoms with Gasteiger partial charge in [0, 0.05) is 13.6 Å². The number of hydrogen-bond donors (Lipinski definition) is 1. The number of hydrogen-bond acceptors (Lipinski definition) is 3. The normalized spacial score (nSPS) is 11.5. The number of ether oxygens (including phenoxy) is 1. The SMILES string of the molecule is C=C(CN(C)c1cc(C(=O)O)cc(C)c1Oc1ccccc1)/C(P)=C\C=C/CF. The molecule has 0 fully saturated rings. The molecule has 0 amide bonds. The van der Waals surface area contributed by atoms with Gasteiger partial charge in [-0.3, -0.25) is 0 Å². The molecule has 1 unspecified atom stereocenters. The second-order valence-corrected chi connectivity index (χ2v) is 7.15. The Morgan fingerprint density at radius 3 is 2.62 bits per heavy atom. The molecule has 0 aliphatic heterocycles. The molecule has 29 heavy (non-hydrogen) atoms. The third-order valence-electron chi connectivity index (χ3n) is 4.21. The minimum Gasteiger partial charge on any atom is -0.478 e. The Balaban J connectivity index is 2.37. The Labute approximate surface area is 173 Å². The number of carboxylic acids is 1. The predicted molar refractivity (Wildman–Crippen MR) is 120 cm³/mol. The van der Waals surface area contributed by atoms with E-state index >= 15 is 0 Å². The van der Waals surface area contributed by atoms with Gasteiger partial charge >= 0.3 is 5.97 Å². The van der Waals surface area contributed by atoms with Crippen LogP contribution in [0.15, 0.2) is 78.2 Å². The lowest BCUT2D eigenvalue weighted by molar-refractivity contribution is 0.0697. The number of benzene rings is 2. The third-order valence-corrected chi connectivity index (χ3v) is 4.81. The maximum absolute atomic E-state index is 12.2. The molecule has 0 spiro atoms. The van der Waals surface area contributed by atoms with E-state index in [4.69, 9.17) is 4.74 Å². The molecule has 0 saturated heterocycles. The van der Waals surface area contributed by atoms with E-state index in [0.717, 1.165) is 10.9 Å². The number of rotatable bonds is 9. The molecular formula is C23H25FNO3P. The average molecular weight is 413 g/mol. The van der Waals surface area contributed by atoms with Crippen molar-refractivity contribution in [2.45, 2.75) is 6.92 Å². The summed E-state index contributed by atoms with van der Waals surface area (Å²) < 4.78 is 18.3. The molecule has 2 aromatic carbocycles. The fourth-order valence-corrected chi connectivity index (χ4v) is 2.91. The molecule has 0 aliphatic carbocycles. The van der Waals surface area contributed by atoms with Crippen LogP contribution in [0.2, 0.25) is 0 Å². The zero-order valence-electron chi connectivity index (χ0n) is 16.6. The highest BCUT2D eigenvalue weighted by molar-refractivity contribution is 7.23. The lowest BCUT2D eigenvalue weighted by atomic mass is 10.1. The van der Waals surface area contributed by atoms with Crippen LogP contribution in [0.4, 0.5) is 10.1 Å².